The molecule has 1 radical (unpaired) electrons. The molecular weight excluding hydrogens is 121 g/mol. The molecule has 0 N–H and O–H groups in total. The molecule has 1 aromatic heterocycles. The molecule has 0 unspecified atom stereocenters. The second-order valence-electron chi connectivity index (χ2n) is 1.41. The summed E-state index contributed by atoms with van der Waals surface area (Å²) in [5, 5.41) is 0. The Morgan fingerprint density at radius 1 is 1.78 bits per heavy atom. The van der Waals surface area contributed by atoms with E-state index >= 15 is 0 Å². The third kappa shape index (κ3) is 1.10. The lowest BCUT2D eigenvalue weighted by Gasteiger charge is -1.86. The largest absolute Gasteiger partial charge is 0.298 e. The van der Waals surface area contributed by atoms with Crippen molar-refractivity contribution < 1.29 is 9.18 Å². The number of halogens is 1. The molecule has 0 spiro atoms. The summed E-state index contributed by atoms with van der Waals surface area (Å²) >= 11 is 0. The molecule has 1 rings (SSSR count). The van der Waals surface area contributed by atoms with E-state index in [9.17, 15) is 9.18 Å². The van der Waals surface area contributed by atoms with Crippen LogP contribution >= 0.6 is 0 Å². The average Bonchev–Trinajstić information content (AvgIpc) is 1.89. The van der Waals surface area contributed by atoms with Crippen LogP contribution < -0.4 is 0 Å². The zero-order chi connectivity index (χ0) is 6.69. The predicted octanol–water partition coefficient (Wildman–Crippen LogP) is 0.833. The van der Waals surface area contributed by atoms with E-state index in [1.807, 2.05) is 0 Å². The van der Waals surface area contributed by atoms with E-state index in [4.69, 9.17) is 0 Å². The lowest BCUT2D eigenvalue weighted by Crippen LogP contribution is -1.89. The maximum absolute atomic E-state index is 12.2. The molecule has 1 aromatic rings. The molecule has 0 fully saturated rings. The number of carbonyl (C=O) groups excluding carboxylic acids is 1. The van der Waals surface area contributed by atoms with Gasteiger partial charge in [-0.25, -0.2) is 4.98 Å². The van der Waals surface area contributed by atoms with Gasteiger partial charge in [0.25, 0.3) is 0 Å². The highest BCUT2D eigenvalue weighted by Gasteiger charge is 1.97. The summed E-state index contributed by atoms with van der Waals surface area (Å²) in [7, 11) is 0. The molecule has 0 amide bonds. The molecule has 1 heterocycles. The van der Waals surface area contributed by atoms with E-state index in [2.05, 4.69) is 11.1 Å². The standard InChI is InChI=1S/C6H3FNO/c7-6-5(4-9)2-1-3-8-6/h1,3-4H. The molecule has 3 heteroatoms. The highest BCUT2D eigenvalue weighted by atomic mass is 19.1. The molecule has 0 aromatic carbocycles. The van der Waals surface area contributed by atoms with Crippen LogP contribution in [0.25, 0.3) is 0 Å². The van der Waals surface area contributed by atoms with Gasteiger partial charge in [-0.05, 0) is 12.1 Å². The Balaban J connectivity index is 3.15. The van der Waals surface area contributed by atoms with Gasteiger partial charge in [-0.1, -0.05) is 0 Å². The third-order valence-electron chi connectivity index (χ3n) is 0.841. The summed E-state index contributed by atoms with van der Waals surface area (Å²) in [6.45, 7) is 0. The molecule has 9 heavy (non-hydrogen) atoms. The third-order valence-corrected chi connectivity index (χ3v) is 0.841. The molecule has 0 aliphatic carbocycles. The van der Waals surface area contributed by atoms with E-state index in [1.165, 1.54) is 12.3 Å². The van der Waals surface area contributed by atoms with Gasteiger partial charge < -0.3 is 0 Å². The van der Waals surface area contributed by atoms with Crippen molar-refractivity contribution in [3.8, 4) is 0 Å². The molecule has 0 saturated carbocycles. The number of carbonyl (C=O) groups is 1. The Kier molecular flexibility index (Phi) is 1.53. The first-order valence-corrected chi connectivity index (χ1v) is 2.32. The van der Waals surface area contributed by atoms with Crippen molar-refractivity contribution >= 4 is 6.29 Å². The first-order chi connectivity index (χ1) is 4.34. The molecule has 0 bridgehead atoms. The van der Waals surface area contributed by atoms with Crippen LogP contribution in [0, 0.1) is 12.0 Å². The van der Waals surface area contributed by atoms with Crippen LogP contribution in [-0.4, -0.2) is 11.3 Å². The van der Waals surface area contributed by atoms with Crippen molar-refractivity contribution in [1.29, 1.82) is 0 Å². The number of hydrogen-bond acceptors (Lipinski definition) is 2. The fraction of sp³-hybridized carbons (Fsp3) is 0. The van der Waals surface area contributed by atoms with E-state index in [-0.39, 0.29) is 5.56 Å². The topological polar surface area (TPSA) is 30.0 Å². The predicted molar refractivity (Wildman–Crippen MR) is 28.4 cm³/mol. The van der Waals surface area contributed by atoms with Gasteiger partial charge >= 0.3 is 0 Å². The van der Waals surface area contributed by atoms with E-state index in [0.29, 0.717) is 6.29 Å². The summed E-state index contributed by atoms with van der Waals surface area (Å²) < 4.78 is 12.2. The molecular formula is C6H3FNO. The summed E-state index contributed by atoms with van der Waals surface area (Å²) in [5.74, 6) is -0.771. The summed E-state index contributed by atoms with van der Waals surface area (Å²) in [4.78, 5) is 13.1. The maximum Gasteiger partial charge on any atom is 0.224 e. The Bertz CT molecular complexity index is 224. The van der Waals surface area contributed by atoms with Crippen LogP contribution in [0.2, 0.25) is 0 Å². The van der Waals surface area contributed by atoms with E-state index in [1.54, 1.807) is 0 Å². The van der Waals surface area contributed by atoms with Gasteiger partial charge in [0.05, 0.1) is 5.56 Å². The van der Waals surface area contributed by atoms with Gasteiger partial charge in [0.2, 0.25) is 5.95 Å². The van der Waals surface area contributed by atoms with E-state index < -0.39 is 5.95 Å². The minimum absolute atomic E-state index is 0.127. The van der Waals surface area contributed by atoms with Crippen molar-refractivity contribution in [2.24, 2.45) is 0 Å². The van der Waals surface area contributed by atoms with Crippen molar-refractivity contribution in [3.63, 3.8) is 0 Å². The van der Waals surface area contributed by atoms with Crippen molar-refractivity contribution in [2.45, 2.75) is 0 Å². The number of hydrogen-bond donors (Lipinski definition) is 0. The van der Waals surface area contributed by atoms with Crippen molar-refractivity contribution in [3.05, 3.63) is 29.8 Å². The molecule has 45 valence electrons. The number of aromatic nitrogens is 1. The Morgan fingerprint density at radius 2 is 2.56 bits per heavy atom. The first-order valence-electron chi connectivity index (χ1n) is 2.32. The highest BCUT2D eigenvalue weighted by molar-refractivity contribution is 5.73. The lowest BCUT2D eigenvalue weighted by molar-refractivity contribution is 0.111. The molecule has 0 atom stereocenters. The fourth-order valence-corrected chi connectivity index (χ4v) is 0.441. The first kappa shape index (κ1) is 5.88. The van der Waals surface area contributed by atoms with Gasteiger partial charge in [0.1, 0.15) is 0 Å². The minimum atomic E-state index is -0.771. The van der Waals surface area contributed by atoms with Gasteiger partial charge in [-0.3, -0.25) is 4.79 Å². The van der Waals surface area contributed by atoms with Gasteiger partial charge in [0.15, 0.2) is 6.29 Å². The second kappa shape index (κ2) is 2.35. The molecule has 2 nitrogen and oxygen atoms in total. The quantitative estimate of drug-likeness (QED) is 0.410. The van der Waals surface area contributed by atoms with Gasteiger partial charge in [-0.15, -0.1) is 0 Å². The number of aldehydes is 1. The maximum atomic E-state index is 12.2. The average molecular weight is 124 g/mol. The van der Waals surface area contributed by atoms with Crippen LogP contribution in [0.15, 0.2) is 12.3 Å². The second-order valence-corrected chi connectivity index (χ2v) is 1.41. The van der Waals surface area contributed by atoms with Gasteiger partial charge in [0, 0.05) is 6.20 Å². The molecule has 0 saturated heterocycles. The van der Waals surface area contributed by atoms with E-state index in [0.717, 1.165) is 0 Å². The fourth-order valence-electron chi connectivity index (χ4n) is 0.441. The highest BCUT2D eigenvalue weighted by Crippen LogP contribution is 1.96. The summed E-state index contributed by atoms with van der Waals surface area (Å²) in [6, 6.07) is 3.76. The van der Waals surface area contributed by atoms with Crippen LogP contribution in [0.5, 0.6) is 0 Å². The van der Waals surface area contributed by atoms with Crippen LogP contribution in [0.3, 0.4) is 0 Å². The minimum Gasteiger partial charge on any atom is -0.298 e. The SMILES string of the molecule is O=Cc1[c]ccnc1F. The smallest absolute Gasteiger partial charge is 0.224 e. The Hall–Kier alpha value is -1.25. The monoisotopic (exact) mass is 124 g/mol. The normalized spacial score (nSPS) is 9.00. The van der Waals surface area contributed by atoms with Crippen LogP contribution in [0.4, 0.5) is 4.39 Å². The Morgan fingerprint density at radius 3 is 3.00 bits per heavy atom. The number of nitrogens with zero attached hydrogens (tertiary/aromatic N) is 1. The van der Waals surface area contributed by atoms with Crippen molar-refractivity contribution in [2.75, 3.05) is 0 Å². The van der Waals surface area contributed by atoms with Crippen LogP contribution in [-0.2, 0) is 0 Å². The van der Waals surface area contributed by atoms with Crippen molar-refractivity contribution in [1.82, 2.24) is 4.98 Å². The van der Waals surface area contributed by atoms with Crippen LogP contribution in [0.1, 0.15) is 10.4 Å². The zero-order valence-electron chi connectivity index (χ0n) is 4.47. The molecule has 0 aliphatic rings. The lowest BCUT2D eigenvalue weighted by atomic mass is 10.3. The molecule has 0 aliphatic heterocycles. The van der Waals surface area contributed by atoms with Gasteiger partial charge in [-0.2, -0.15) is 4.39 Å². The zero-order valence-corrected chi connectivity index (χ0v) is 4.47. The summed E-state index contributed by atoms with van der Waals surface area (Å²) in [5.41, 5.74) is -0.127. The Labute approximate surface area is 51.3 Å². The number of rotatable bonds is 1. The number of pyridine rings is 1. The summed E-state index contributed by atoms with van der Waals surface area (Å²) in [6.07, 6.45) is 1.62.